The largest absolute Gasteiger partial charge is 0.411 e. The third kappa shape index (κ3) is 1.45. The Hall–Kier alpha value is -0.860. The fraction of sp³-hybridized carbons (Fsp3) is 0.818. The summed E-state index contributed by atoms with van der Waals surface area (Å²) in [7, 11) is 0. The molecule has 0 atom stereocenters. The quantitative estimate of drug-likeness (QED) is 0.417. The van der Waals surface area contributed by atoms with Crippen molar-refractivity contribution in [2.24, 2.45) is 10.1 Å². The van der Waals surface area contributed by atoms with Gasteiger partial charge in [0, 0.05) is 5.71 Å². The molecule has 0 saturated heterocycles. The van der Waals surface area contributed by atoms with Crippen molar-refractivity contribution in [1.29, 1.82) is 0 Å². The normalized spacial score (nSPS) is 24.1. The zero-order valence-corrected chi connectivity index (χ0v) is 8.79. The van der Waals surface area contributed by atoms with Gasteiger partial charge in [0.1, 0.15) is 5.54 Å². The van der Waals surface area contributed by atoms with Crippen molar-refractivity contribution < 1.29 is 5.21 Å². The highest BCUT2D eigenvalue weighted by Gasteiger charge is 2.44. The molecule has 2 aliphatic heterocycles. The predicted molar refractivity (Wildman–Crippen MR) is 57.4 cm³/mol. The Morgan fingerprint density at radius 1 is 1.50 bits per heavy atom. The first-order valence-electron chi connectivity index (χ1n) is 5.60. The van der Waals surface area contributed by atoms with Crippen LogP contribution in [0.2, 0.25) is 0 Å². The van der Waals surface area contributed by atoms with Gasteiger partial charge in [-0.25, -0.2) is 0 Å². The third-order valence-corrected chi connectivity index (χ3v) is 3.45. The van der Waals surface area contributed by atoms with E-state index in [-0.39, 0.29) is 5.54 Å². The van der Waals surface area contributed by atoms with E-state index in [1.807, 2.05) is 0 Å². The van der Waals surface area contributed by atoms with Crippen LogP contribution in [0.4, 0.5) is 0 Å². The number of unbranched alkanes of at least 4 members (excludes halogenated alkanes) is 1. The van der Waals surface area contributed by atoms with E-state index >= 15 is 0 Å². The molecule has 0 spiro atoms. The van der Waals surface area contributed by atoms with Gasteiger partial charge in [-0.1, -0.05) is 18.5 Å². The maximum atomic E-state index is 9.05. The van der Waals surface area contributed by atoms with E-state index in [9.17, 15) is 0 Å². The predicted octanol–water partition coefficient (Wildman–Crippen LogP) is 2.77. The molecule has 1 N–H and O–H groups in total. The van der Waals surface area contributed by atoms with E-state index in [1.165, 1.54) is 5.71 Å². The number of oxime groups is 1. The molecule has 3 heteroatoms. The molecule has 2 aliphatic rings. The van der Waals surface area contributed by atoms with Crippen molar-refractivity contribution in [3.63, 3.8) is 0 Å². The van der Waals surface area contributed by atoms with E-state index in [0.29, 0.717) is 0 Å². The van der Waals surface area contributed by atoms with Crippen LogP contribution < -0.4 is 0 Å². The van der Waals surface area contributed by atoms with Gasteiger partial charge in [0.05, 0.1) is 5.71 Å². The molecule has 0 aromatic heterocycles. The van der Waals surface area contributed by atoms with Gasteiger partial charge in [-0.3, -0.25) is 4.99 Å². The Kier molecular flexibility index (Phi) is 2.57. The number of aliphatic imine (C=N–C) groups is 1. The van der Waals surface area contributed by atoms with Crippen molar-refractivity contribution in [1.82, 2.24) is 0 Å². The maximum Gasteiger partial charge on any atom is 0.103 e. The molecule has 3 nitrogen and oxygen atoms in total. The molecule has 0 aliphatic carbocycles. The van der Waals surface area contributed by atoms with Crippen molar-refractivity contribution >= 4 is 11.4 Å². The molecule has 0 saturated carbocycles. The number of nitrogens with zero attached hydrogens (tertiary/aromatic N) is 2. The Bertz CT molecular complexity index is 271. The first-order valence-corrected chi connectivity index (χ1v) is 5.60. The topological polar surface area (TPSA) is 45.0 Å². The second-order valence-corrected chi connectivity index (χ2v) is 4.36. The van der Waals surface area contributed by atoms with E-state index < -0.39 is 0 Å². The maximum absolute atomic E-state index is 9.05. The molecule has 0 radical (unpaired) electrons. The lowest BCUT2D eigenvalue weighted by Gasteiger charge is -2.25. The van der Waals surface area contributed by atoms with Crippen LogP contribution in [-0.4, -0.2) is 22.2 Å². The summed E-state index contributed by atoms with van der Waals surface area (Å²) >= 11 is 0. The smallest absolute Gasteiger partial charge is 0.103 e. The number of rotatable bonds is 4. The number of hydrogen-bond acceptors (Lipinski definition) is 3. The minimum Gasteiger partial charge on any atom is -0.411 e. The van der Waals surface area contributed by atoms with Gasteiger partial charge in [0.25, 0.3) is 0 Å². The Balaban J connectivity index is 2.09. The van der Waals surface area contributed by atoms with Crippen molar-refractivity contribution in [2.75, 3.05) is 0 Å². The Morgan fingerprint density at radius 3 is 2.64 bits per heavy atom. The summed E-state index contributed by atoms with van der Waals surface area (Å²) in [6, 6.07) is 0. The zero-order chi connectivity index (χ0) is 10.0. The van der Waals surface area contributed by atoms with Crippen LogP contribution >= 0.6 is 0 Å². The van der Waals surface area contributed by atoms with Crippen molar-refractivity contribution in [2.45, 2.75) is 57.4 Å². The Labute approximate surface area is 84.9 Å². The van der Waals surface area contributed by atoms with Gasteiger partial charge in [0.2, 0.25) is 0 Å². The van der Waals surface area contributed by atoms with Gasteiger partial charge in [-0.05, 0) is 38.5 Å². The Morgan fingerprint density at radius 2 is 2.21 bits per heavy atom. The van der Waals surface area contributed by atoms with Gasteiger partial charge >= 0.3 is 0 Å². The first kappa shape index (κ1) is 9.69. The molecule has 2 rings (SSSR count). The summed E-state index contributed by atoms with van der Waals surface area (Å²) in [6.07, 6.45) is 7.54. The van der Waals surface area contributed by atoms with Crippen LogP contribution in [0.25, 0.3) is 0 Å². The van der Waals surface area contributed by atoms with Gasteiger partial charge < -0.3 is 5.21 Å². The summed E-state index contributed by atoms with van der Waals surface area (Å²) in [5.74, 6) is 0. The monoisotopic (exact) mass is 194 g/mol. The van der Waals surface area contributed by atoms with Crippen LogP contribution in [-0.2, 0) is 0 Å². The molecule has 0 aromatic carbocycles. The lowest BCUT2D eigenvalue weighted by atomic mass is 9.81. The summed E-state index contributed by atoms with van der Waals surface area (Å²) in [5.41, 5.74) is 2.17. The highest BCUT2D eigenvalue weighted by Crippen LogP contribution is 2.40. The molecular weight excluding hydrogens is 176 g/mol. The standard InChI is InChI=1S/C11H18N2O/c1-2-3-4-10(13-14)11-7-5-9(12-11)6-8-11/h14H,2-8H2,1H3/b13-10+. The molecule has 78 valence electrons. The van der Waals surface area contributed by atoms with Gasteiger partial charge in [0.15, 0.2) is 0 Å². The van der Waals surface area contributed by atoms with Crippen molar-refractivity contribution in [3.05, 3.63) is 0 Å². The van der Waals surface area contributed by atoms with Gasteiger partial charge in [-0.2, -0.15) is 0 Å². The average molecular weight is 194 g/mol. The van der Waals surface area contributed by atoms with E-state index in [0.717, 1.165) is 50.7 Å². The summed E-state index contributed by atoms with van der Waals surface area (Å²) < 4.78 is 0. The van der Waals surface area contributed by atoms with Crippen LogP contribution in [0, 0.1) is 0 Å². The first-order chi connectivity index (χ1) is 6.80. The fourth-order valence-electron chi connectivity index (χ4n) is 2.55. The summed E-state index contributed by atoms with van der Waals surface area (Å²) in [4.78, 5) is 4.68. The van der Waals surface area contributed by atoms with Crippen LogP contribution in [0.5, 0.6) is 0 Å². The third-order valence-electron chi connectivity index (χ3n) is 3.45. The lowest BCUT2D eigenvalue weighted by Crippen LogP contribution is -2.34. The molecule has 0 unspecified atom stereocenters. The summed E-state index contributed by atoms with van der Waals surface area (Å²) in [6.45, 7) is 2.16. The minimum absolute atomic E-state index is 0.0841. The second kappa shape index (κ2) is 3.71. The van der Waals surface area contributed by atoms with E-state index in [1.54, 1.807) is 0 Å². The van der Waals surface area contributed by atoms with E-state index in [4.69, 9.17) is 5.21 Å². The fourth-order valence-corrected chi connectivity index (χ4v) is 2.55. The number of fused-ring (bicyclic) bond motifs is 1. The molecule has 0 fully saturated rings. The molecule has 0 amide bonds. The van der Waals surface area contributed by atoms with Crippen LogP contribution in [0.1, 0.15) is 51.9 Å². The molecule has 0 aromatic rings. The van der Waals surface area contributed by atoms with Gasteiger partial charge in [-0.15, -0.1) is 0 Å². The average Bonchev–Trinajstić information content (AvgIpc) is 2.79. The zero-order valence-electron chi connectivity index (χ0n) is 8.79. The summed E-state index contributed by atoms with van der Waals surface area (Å²) in [5, 5.41) is 12.5. The lowest BCUT2D eigenvalue weighted by molar-refractivity contribution is 0.309. The molecule has 2 bridgehead atoms. The highest BCUT2D eigenvalue weighted by molar-refractivity contribution is 6.02. The molecule has 2 heterocycles. The van der Waals surface area contributed by atoms with Crippen LogP contribution in [0.15, 0.2) is 10.1 Å². The minimum atomic E-state index is -0.0841. The molecule has 14 heavy (non-hydrogen) atoms. The van der Waals surface area contributed by atoms with Crippen molar-refractivity contribution in [3.8, 4) is 0 Å². The molecular formula is C11H18N2O. The SMILES string of the molecule is CCCC/C(=N\O)C12CCC(=N1)CC2. The highest BCUT2D eigenvalue weighted by atomic mass is 16.4. The second-order valence-electron chi connectivity index (χ2n) is 4.36. The van der Waals surface area contributed by atoms with E-state index in [2.05, 4.69) is 17.1 Å². The van der Waals surface area contributed by atoms with Crippen LogP contribution in [0.3, 0.4) is 0 Å². The number of hydrogen-bond donors (Lipinski definition) is 1.